The zero-order valence-electron chi connectivity index (χ0n) is 10.1. The molecule has 1 aliphatic rings. The van der Waals surface area contributed by atoms with E-state index < -0.39 is 0 Å². The van der Waals surface area contributed by atoms with E-state index in [1.807, 2.05) is 0 Å². The van der Waals surface area contributed by atoms with Crippen LogP contribution in [0, 0.1) is 11.7 Å². The van der Waals surface area contributed by atoms with Crippen molar-refractivity contribution < 1.29 is 9.13 Å². The summed E-state index contributed by atoms with van der Waals surface area (Å²) in [5.41, 5.74) is 6.75. The van der Waals surface area contributed by atoms with E-state index in [0.717, 1.165) is 25.9 Å². The van der Waals surface area contributed by atoms with E-state index in [-0.39, 0.29) is 11.9 Å². The SMILES string of the molecule is COc1ccc([C@H](N)C2CCNCC2)c(F)c1. The first-order valence-electron chi connectivity index (χ1n) is 6.02. The van der Waals surface area contributed by atoms with E-state index in [9.17, 15) is 4.39 Å². The van der Waals surface area contributed by atoms with Gasteiger partial charge in [0.1, 0.15) is 11.6 Å². The van der Waals surface area contributed by atoms with E-state index in [1.165, 1.54) is 13.2 Å². The minimum absolute atomic E-state index is 0.219. The summed E-state index contributed by atoms with van der Waals surface area (Å²) >= 11 is 0. The summed E-state index contributed by atoms with van der Waals surface area (Å²) in [5.74, 6) is 0.623. The summed E-state index contributed by atoms with van der Waals surface area (Å²) in [6, 6.07) is 4.68. The van der Waals surface area contributed by atoms with Gasteiger partial charge in [0.15, 0.2) is 0 Å². The van der Waals surface area contributed by atoms with Gasteiger partial charge in [0.05, 0.1) is 7.11 Å². The normalized spacial score (nSPS) is 19.0. The molecule has 4 heteroatoms. The van der Waals surface area contributed by atoms with Crippen molar-refractivity contribution in [1.82, 2.24) is 5.32 Å². The Morgan fingerprint density at radius 2 is 2.12 bits per heavy atom. The summed E-state index contributed by atoms with van der Waals surface area (Å²) < 4.78 is 18.9. The number of ether oxygens (including phenoxy) is 1. The van der Waals surface area contributed by atoms with Crippen LogP contribution in [-0.4, -0.2) is 20.2 Å². The first kappa shape index (κ1) is 12.3. The van der Waals surface area contributed by atoms with E-state index in [4.69, 9.17) is 10.5 Å². The highest BCUT2D eigenvalue weighted by atomic mass is 19.1. The average molecular weight is 238 g/mol. The first-order valence-corrected chi connectivity index (χ1v) is 6.02. The summed E-state index contributed by atoms with van der Waals surface area (Å²) in [4.78, 5) is 0. The van der Waals surface area contributed by atoms with Crippen molar-refractivity contribution in [2.75, 3.05) is 20.2 Å². The van der Waals surface area contributed by atoms with Gasteiger partial charge in [0, 0.05) is 17.7 Å². The molecule has 3 N–H and O–H groups in total. The minimum atomic E-state index is -0.268. The molecule has 0 amide bonds. The van der Waals surface area contributed by atoms with Gasteiger partial charge in [0.2, 0.25) is 0 Å². The Kier molecular flexibility index (Phi) is 3.97. The number of benzene rings is 1. The van der Waals surface area contributed by atoms with Gasteiger partial charge in [0.25, 0.3) is 0 Å². The second-order valence-corrected chi connectivity index (χ2v) is 4.50. The molecule has 0 radical (unpaired) electrons. The highest BCUT2D eigenvalue weighted by molar-refractivity contribution is 5.31. The zero-order chi connectivity index (χ0) is 12.3. The van der Waals surface area contributed by atoms with Crippen molar-refractivity contribution >= 4 is 0 Å². The molecule has 0 unspecified atom stereocenters. The Bertz CT molecular complexity index is 378. The van der Waals surface area contributed by atoms with Gasteiger partial charge in [-0.3, -0.25) is 0 Å². The predicted molar refractivity (Wildman–Crippen MR) is 65.5 cm³/mol. The van der Waals surface area contributed by atoms with E-state index in [0.29, 0.717) is 17.2 Å². The fourth-order valence-electron chi connectivity index (χ4n) is 2.36. The van der Waals surface area contributed by atoms with Crippen LogP contribution in [0.25, 0.3) is 0 Å². The molecular formula is C13H19FN2O. The number of nitrogens with one attached hydrogen (secondary N) is 1. The second kappa shape index (κ2) is 5.47. The largest absolute Gasteiger partial charge is 0.497 e. The van der Waals surface area contributed by atoms with Gasteiger partial charge in [-0.15, -0.1) is 0 Å². The molecule has 0 aliphatic carbocycles. The van der Waals surface area contributed by atoms with Crippen molar-refractivity contribution in [3.63, 3.8) is 0 Å². The van der Waals surface area contributed by atoms with Gasteiger partial charge < -0.3 is 15.8 Å². The first-order chi connectivity index (χ1) is 8.22. The molecule has 1 fully saturated rings. The van der Waals surface area contributed by atoms with Gasteiger partial charge in [-0.05, 0) is 37.9 Å². The van der Waals surface area contributed by atoms with Crippen LogP contribution in [0.4, 0.5) is 4.39 Å². The molecule has 1 aromatic rings. The fourth-order valence-corrected chi connectivity index (χ4v) is 2.36. The lowest BCUT2D eigenvalue weighted by atomic mass is 9.86. The van der Waals surface area contributed by atoms with Crippen molar-refractivity contribution in [3.05, 3.63) is 29.6 Å². The molecule has 1 aromatic carbocycles. The van der Waals surface area contributed by atoms with Crippen molar-refractivity contribution in [1.29, 1.82) is 0 Å². The molecule has 1 saturated heterocycles. The summed E-state index contributed by atoms with van der Waals surface area (Å²) in [6.45, 7) is 1.94. The van der Waals surface area contributed by atoms with Gasteiger partial charge in [-0.1, -0.05) is 6.07 Å². The molecule has 0 saturated carbocycles. The van der Waals surface area contributed by atoms with Gasteiger partial charge in [-0.2, -0.15) is 0 Å². The third-order valence-electron chi connectivity index (χ3n) is 3.46. The Hall–Kier alpha value is -1.13. The maximum absolute atomic E-state index is 13.9. The van der Waals surface area contributed by atoms with E-state index >= 15 is 0 Å². The molecule has 2 rings (SSSR count). The Morgan fingerprint density at radius 1 is 1.41 bits per heavy atom. The number of rotatable bonds is 3. The second-order valence-electron chi connectivity index (χ2n) is 4.50. The Balaban J connectivity index is 2.15. The standard InChI is InChI=1S/C13H19FN2O/c1-17-10-2-3-11(12(14)8-10)13(15)9-4-6-16-7-5-9/h2-3,8-9,13,16H,4-7,15H2,1H3/t13-/m1/s1. The lowest BCUT2D eigenvalue weighted by Crippen LogP contribution is -2.34. The number of hydrogen-bond donors (Lipinski definition) is 2. The third kappa shape index (κ3) is 2.76. The number of halogens is 1. The van der Waals surface area contributed by atoms with E-state index in [1.54, 1.807) is 12.1 Å². The van der Waals surface area contributed by atoms with Crippen molar-refractivity contribution in [2.45, 2.75) is 18.9 Å². The van der Waals surface area contributed by atoms with Crippen LogP contribution in [0.15, 0.2) is 18.2 Å². The predicted octanol–water partition coefficient (Wildman–Crippen LogP) is 1.83. The number of piperidine rings is 1. The Morgan fingerprint density at radius 3 is 2.71 bits per heavy atom. The lowest BCUT2D eigenvalue weighted by molar-refractivity contribution is 0.316. The number of methoxy groups -OCH3 is 1. The van der Waals surface area contributed by atoms with Crippen molar-refractivity contribution in [3.8, 4) is 5.75 Å². The van der Waals surface area contributed by atoms with Gasteiger partial charge in [-0.25, -0.2) is 4.39 Å². The monoisotopic (exact) mass is 238 g/mol. The van der Waals surface area contributed by atoms with Crippen LogP contribution >= 0.6 is 0 Å². The smallest absolute Gasteiger partial charge is 0.131 e. The summed E-state index contributed by atoms with van der Waals surface area (Å²) in [5, 5.41) is 3.28. The zero-order valence-corrected chi connectivity index (χ0v) is 10.1. The highest BCUT2D eigenvalue weighted by Crippen LogP contribution is 2.29. The fraction of sp³-hybridized carbons (Fsp3) is 0.538. The molecule has 0 bridgehead atoms. The molecule has 17 heavy (non-hydrogen) atoms. The average Bonchev–Trinajstić information content (AvgIpc) is 2.39. The highest BCUT2D eigenvalue weighted by Gasteiger charge is 2.23. The summed E-state index contributed by atoms with van der Waals surface area (Å²) in [6.07, 6.45) is 2.01. The molecule has 1 heterocycles. The van der Waals surface area contributed by atoms with Crippen LogP contribution < -0.4 is 15.8 Å². The lowest BCUT2D eigenvalue weighted by Gasteiger charge is -2.28. The molecule has 94 valence electrons. The third-order valence-corrected chi connectivity index (χ3v) is 3.46. The van der Waals surface area contributed by atoms with Crippen molar-refractivity contribution in [2.24, 2.45) is 11.7 Å². The number of nitrogens with two attached hydrogens (primary N) is 1. The molecular weight excluding hydrogens is 219 g/mol. The molecule has 0 spiro atoms. The van der Waals surface area contributed by atoms with Crippen LogP contribution in [-0.2, 0) is 0 Å². The Labute approximate surface area is 101 Å². The van der Waals surface area contributed by atoms with E-state index in [2.05, 4.69) is 5.32 Å². The maximum atomic E-state index is 13.9. The topological polar surface area (TPSA) is 47.3 Å². The molecule has 1 aliphatic heterocycles. The molecule has 1 atom stereocenters. The van der Waals surface area contributed by atoms with Crippen LogP contribution in [0.1, 0.15) is 24.4 Å². The van der Waals surface area contributed by atoms with Gasteiger partial charge >= 0.3 is 0 Å². The summed E-state index contributed by atoms with van der Waals surface area (Å²) in [7, 11) is 1.53. The molecule has 3 nitrogen and oxygen atoms in total. The maximum Gasteiger partial charge on any atom is 0.131 e. The van der Waals surface area contributed by atoms with Crippen LogP contribution in [0.3, 0.4) is 0 Å². The molecule has 0 aromatic heterocycles. The number of hydrogen-bond acceptors (Lipinski definition) is 3. The van der Waals surface area contributed by atoms with Crippen LogP contribution in [0.2, 0.25) is 0 Å². The van der Waals surface area contributed by atoms with Crippen LogP contribution in [0.5, 0.6) is 5.75 Å². The quantitative estimate of drug-likeness (QED) is 0.844. The minimum Gasteiger partial charge on any atom is -0.497 e.